The van der Waals surface area contributed by atoms with Gasteiger partial charge in [0, 0.05) is 11.8 Å². The van der Waals surface area contributed by atoms with Gasteiger partial charge in [-0.2, -0.15) is 0 Å². The van der Waals surface area contributed by atoms with Crippen molar-refractivity contribution < 1.29 is 28.6 Å². The number of esters is 2. The maximum Gasteiger partial charge on any atom is 0.337 e. The average molecular weight is 372 g/mol. The zero-order valence-electron chi connectivity index (χ0n) is 15.9. The minimum absolute atomic E-state index is 0.00786. The third-order valence-electron chi connectivity index (χ3n) is 6.50. The Morgan fingerprint density at radius 3 is 2.33 bits per heavy atom. The number of methoxy groups -OCH3 is 2. The van der Waals surface area contributed by atoms with E-state index in [0.717, 1.165) is 19.3 Å². The first kappa shape index (κ1) is 18.0. The Balaban J connectivity index is 1.62. The topological polar surface area (TPSA) is 78.9 Å². The first-order chi connectivity index (χ1) is 12.9. The van der Waals surface area contributed by atoms with Crippen LogP contribution >= 0.6 is 0 Å². The highest BCUT2D eigenvalue weighted by molar-refractivity contribution is 5.92. The molecule has 0 spiro atoms. The molecule has 4 bridgehead atoms. The summed E-state index contributed by atoms with van der Waals surface area (Å²) in [7, 11) is 2.78. The lowest BCUT2D eigenvalue weighted by atomic mass is 9.49. The second-order valence-corrected chi connectivity index (χ2v) is 8.23. The highest BCUT2D eigenvalue weighted by atomic mass is 16.6. The lowest BCUT2D eigenvalue weighted by Crippen LogP contribution is -2.55. The summed E-state index contributed by atoms with van der Waals surface area (Å²) in [5, 5.41) is 0. The van der Waals surface area contributed by atoms with Gasteiger partial charge in [-0.25, -0.2) is 4.79 Å². The molecule has 27 heavy (non-hydrogen) atoms. The van der Waals surface area contributed by atoms with E-state index in [1.54, 1.807) is 13.0 Å². The number of benzene rings is 1. The van der Waals surface area contributed by atoms with E-state index in [9.17, 15) is 14.4 Å². The van der Waals surface area contributed by atoms with Gasteiger partial charge in [0.05, 0.1) is 25.2 Å². The highest BCUT2D eigenvalue weighted by Gasteiger charge is 2.59. The summed E-state index contributed by atoms with van der Waals surface area (Å²) >= 11 is 0. The number of Topliss-reactive ketones (excluding diaryl/α,β-unsaturated/α-hetero) is 1. The number of hydrogen-bond acceptors (Lipinski definition) is 6. The molecular formula is C21H24O6. The zero-order chi connectivity index (χ0) is 19.3. The van der Waals surface area contributed by atoms with Crippen molar-refractivity contribution in [2.45, 2.75) is 39.0 Å². The van der Waals surface area contributed by atoms with Gasteiger partial charge in [0.25, 0.3) is 0 Å². The summed E-state index contributed by atoms with van der Waals surface area (Å²) in [4.78, 5) is 37.4. The van der Waals surface area contributed by atoms with E-state index in [1.165, 1.54) is 20.3 Å². The fourth-order valence-electron chi connectivity index (χ4n) is 5.46. The molecule has 1 aromatic rings. The fraction of sp³-hybridized carbons (Fsp3) is 0.571. The Kier molecular flexibility index (Phi) is 4.24. The number of rotatable bonds is 4. The van der Waals surface area contributed by atoms with E-state index < -0.39 is 11.4 Å². The lowest BCUT2D eigenvalue weighted by molar-refractivity contribution is -0.167. The minimum atomic E-state index is -0.567. The second-order valence-electron chi connectivity index (χ2n) is 8.23. The summed E-state index contributed by atoms with van der Waals surface area (Å²) < 4.78 is 15.9. The molecule has 0 N–H and O–H groups in total. The minimum Gasteiger partial charge on any atom is -0.493 e. The first-order valence-corrected chi connectivity index (χ1v) is 9.40. The summed E-state index contributed by atoms with van der Waals surface area (Å²) in [6.45, 7) is 1.76. The average Bonchev–Trinajstić information content (AvgIpc) is 2.65. The molecule has 0 aliphatic heterocycles. The Bertz CT molecular complexity index is 808. The number of carbonyl (C=O) groups excluding carboxylic acids is 3. The maximum absolute atomic E-state index is 13.2. The second kappa shape index (κ2) is 6.36. The van der Waals surface area contributed by atoms with Gasteiger partial charge < -0.3 is 14.2 Å². The van der Waals surface area contributed by atoms with Gasteiger partial charge in [-0.15, -0.1) is 0 Å². The monoisotopic (exact) mass is 372 g/mol. The summed E-state index contributed by atoms with van der Waals surface area (Å²) in [6, 6.07) is 3.14. The Hall–Kier alpha value is -2.37. The van der Waals surface area contributed by atoms with Crippen molar-refractivity contribution in [2.75, 3.05) is 14.2 Å². The van der Waals surface area contributed by atoms with E-state index in [0.29, 0.717) is 47.2 Å². The zero-order valence-corrected chi connectivity index (χ0v) is 15.9. The van der Waals surface area contributed by atoms with Crippen molar-refractivity contribution in [3.63, 3.8) is 0 Å². The van der Waals surface area contributed by atoms with E-state index in [-0.39, 0.29) is 17.8 Å². The van der Waals surface area contributed by atoms with Gasteiger partial charge in [0.1, 0.15) is 5.78 Å². The van der Waals surface area contributed by atoms with Crippen molar-refractivity contribution in [3.8, 4) is 11.5 Å². The molecule has 2 unspecified atom stereocenters. The van der Waals surface area contributed by atoms with Crippen molar-refractivity contribution in [1.29, 1.82) is 0 Å². The van der Waals surface area contributed by atoms with Crippen LogP contribution in [0.5, 0.6) is 11.5 Å². The molecule has 6 heteroatoms. The molecular weight excluding hydrogens is 348 g/mol. The molecule has 6 nitrogen and oxygen atoms in total. The predicted molar refractivity (Wildman–Crippen MR) is 95.7 cm³/mol. The first-order valence-electron chi connectivity index (χ1n) is 9.40. The third-order valence-corrected chi connectivity index (χ3v) is 6.50. The predicted octanol–water partition coefficient (Wildman–Crippen LogP) is 3.09. The molecule has 4 aliphatic carbocycles. The van der Waals surface area contributed by atoms with E-state index in [1.807, 2.05) is 0 Å². The van der Waals surface area contributed by atoms with Crippen LogP contribution in [0.25, 0.3) is 0 Å². The number of hydrogen-bond donors (Lipinski definition) is 0. The largest absolute Gasteiger partial charge is 0.493 e. The molecule has 4 saturated carbocycles. The van der Waals surface area contributed by atoms with Crippen molar-refractivity contribution in [3.05, 3.63) is 23.3 Å². The normalized spacial score (nSPS) is 30.9. The van der Waals surface area contributed by atoms with Crippen LogP contribution in [0.1, 0.15) is 48.0 Å². The molecule has 4 fully saturated rings. The van der Waals surface area contributed by atoms with Gasteiger partial charge in [0.15, 0.2) is 11.5 Å². The van der Waals surface area contributed by atoms with Crippen molar-refractivity contribution in [2.24, 2.45) is 23.2 Å². The van der Waals surface area contributed by atoms with Crippen LogP contribution in [0.4, 0.5) is 0 Å². The van der Waals surface area contributed by atoms with Gasteiger partial charge >= 0.3 is 11.9 Å². The standard InChI is InChI=1S/C21H24O6/c1-11-4-13(19(23)26-3)7-16(25-2)18(11)27-20(24)21-8-12-5-14(9-21)17(22)15(6-12)10-21/h4,7,12,14-15H,5-6,8-10H2,1-3H3. The fourth-order valence-corrected chi connectivity index (χ4v) is 5.46. The number of carbonyl (C=O) groups is 3. The van der Waals surface area contributed by atoms with Crippen LogP contribution in [-0.2, 0) is 14.3 Å². The van der Waals surface area contributed by atoms with Gasteiger partial charge in [-0.05, 0) is 62.6 Å². The van der Waals surface area contributed by atoms with E-state index in [2.05, 4.69) is 0 Å². The third kappa shape index (κ3) is 2.82. The number of aryl methyl sites for hydroxylation is 1. The number of ketones is 1. The van der Waals surface area contributed by atoms with Gasteiger partial charge in [-0.1, -0.05) is 0 Å². The molecule has 5 rings (SSSR count). The van der Waals surface area contributed by atoms with Crippen molar-refractivity contribution in [1.82, 2.24) is 0 Å². The molecule has 144 valence electrons. The number of ether oxygens (including phenoxy) is 3. The summed E-state index contributed by atoms with van der Waals surface area (Å²) in [6.07, 6.45) is 3.83. The van der Waals surface area contributed by atoms with E-state index >= 15 is 0 Å². The molecule has 0 saturated heterocycles. The van der Waals surface area contributed by atoms with Crippen LogP contribution in [-0.4, -0.2) is 31.9 Å². The molecule has 1 aromatic carbocycles. The highest BCUT2D eigenvalue weighted by Crippen LogP contribution is 2.59. The Morgan fingerprint density at radius 1 is 1.07 bits per heavy atom. The van der Waals surface area contributed by atoms with Crippen LogP contribution in [0.2, 0.25) is 0 Å². The smallest absolute Gasteiger partial charge is 0.337 e. The molecule has 4 aliphatic rings. The lowest BCUT2D eigenvalue weighted by Gasteiger charge is -2.53. The van der Waals surface area contributed by atoms with Crippen LogP contribution in [0, 0.1) is 30.1 Å². The van der Waals surface area contributed by atoms with Crippen LogP contribution < -0.4 is 9.47 Å². The Labute approximate surface area is 158 Å². The SMILES string of the molecule is COC(=O)c1cc(C)c(OC(=O)C23CC4CC(C2)C(=O)C(C4)C3)c(OC)c1. The summed E-state index contributed by atoms with van der Waals surface area (Å²) in [5.41, 5.74) is 0.402. The quantitative estimate of drug-likeness (QED) is 0.597. The van der Waals surface area contributed by atoms with Gasteiger partial charge in [-0.3, -0.25) is 9.59 Å². The maximum atomic E-state index is 13.2. The molecule has 0 heterocycles. The molecule has 0 aromatic heterocycles. The van der Waals surface area contributed by atoms with E-state index in [4.69, 9.17) is 14.2 Å². The molecule has 2 atom stereocenters. The molecule has 0 amide bonds. The van der Waals surface area contributed by atoms with Crippen LogP contribution in [0.3, 0.4) is 0 Å². The van der Waals surface area contributed by atoms with Gasteiger partial charge in [0.2, 0.25) is 0 Å². The Morgan fingerprint density at radius 2 is 1.74 bits per heavy atom. The molecule has 0 radical (unpaired) electrons. The summed E-state index contributed by atoms with van der Waals surface area (Å²) in [5.74, 6) is 0.697. The van der Waals surface area contributed by atoms with Crippen LogP contribution in [0.15, 0.2) is 12.1 Å². The van der Waals surface area contributed by atoms with Crippen molar-refractivity contribution >= 4 is 17.7 Å².